The molecule has 3 heterocycles. The van der Waals surface area contributed by atoms with Crippen LogP contribution in [0.3, 0.4) is 0 Å². The van der Waals surface area contributed by atoms with Crippen LogP contribution in [-0.2, 0) is 7.05 Å². The number of aromatic nitrogens is 2. The van der Waals surface area contributed by atoms with Crippen LogP contribution < -0.4 is 4.57 Å². The zero-order chi connectivity index (χ0) is 15.3. The molecule has 0 aliphatic rings. The van der Waals surface area contributed by atoms with Crippen LogP contribution in [0.5, 0.6) is 0 Å². The molecule has 0 saturated carbocycles. The molecule has 0 aliphatic carbocycles. The second-order valence-electron chi connectivity index (χ2n) is 5.76. The van der Waals surface area contributed by atoms with Gasteiger partial charge in [-0.15, -0.1) is 0 Å². The van der Waals surface area contributed by atoms with Crippen molar-refractivity contribution < 1.29 is 8.98 Å². The highest BCUT2D eigenvalue weighted by Crippen LogP contribution is 2.32. The van der Waals surface area contributed by atoms with Gasteiger partial charge in [-0.05, 0) is 49.7 Å². The summed E-state index contributed by atoms with van der Waals surface area (Å²) < 4.78 is 8.12. The largest absolute Gasteiger partial charge is 0.454 e. The molecule has 0 fully saturated rings. The van der Waals surface area contributed by atoms with E-state index in [4.69, 9.17) is 4.42 Å². The fraction of sp³-hybridized carbons (Fsp3) is 0.158. The molecule has 0 saturated heterocycles. The van der Waals surface area contributed by atoms with Gasteiger partial charge in [-0.1, -0.05) is 0 Å². The molecule has 0 spiro atoms. The minimum Gasteiger partial charge on any atom is -0.454 e. The highest BCUT2D eigenvalue weighted by molar-refractivity contribution is 6.04. The van der Waals surface area contributed by atoms with Crippen LogP contribution in [0.15, 0.2) is 53.1 Å². The number of aryl methyl sites for hydroxylation is 3. The first-order chi connectivity index (χ1) is 10.6. The molecule has 0 unspecified atom stereocenters. The Labute approximate surface area is 128 Å². The monoisotopic (exact) mass is 289 g/mol. The van der Waals surface area contributed by atoms with E-state index >= 15 is 0 Å². The molecule has 0 bridgehead atoms. The zero-order valence-electron chi connectivity index (χ0n) is 12.9. The molecule has 0 aliphatic heterocycles. The molecule has 22 heavy (non-hydrogen) atoms. The van der Waals surface area contributed by atoms with Gasteiger partial charge < -0.3 is 4.42 Å². The average Bonchev–Trinajstić information content (AvgIpc) is 2.84. The molecule has 0 N–H and O–H groups in total. The van der Waals surface area contributed by atoms with Crippen LogP contribution >= 0.6 is 0 Å². The fourth-order valence-corrected chi connectivity index (χ4v) is 2.97. The van der Waals surface area contributed by atoms with E-state index in [-0.39, 0.29) is 0 Å². The molecule has 0 amide bonds. The van der Waals surface area contributed by atoms with E-state index in [1.54, 1.807) is 0 Å². The minimum absolute atomic E-state index is 0.842. The Balaban J connectivity index is 2.05. The van der Waals surface area contributed by atoms with E-state index in [1.165, 1.54) is 16.8 Å². The van der Waals surface area contributed by atoms with Crippen molar-refractivity contribution in [1.29, 1.82) is 0 Å². The normalized spacial score (nSPS) is 11.4. The molecule has 1 aromatic carbocycles. The Morgan fingerprint density at radius 1 is 1.00 bits per heavy atom. The molecule has 108 valence electrons. The predicted octanol–water partition coefficient (Wildman–Crippen LogP) is 4.09. The summed E-state index contributed by atoms with van der Waals surface area (Å²) in [7, 11) is 2.06. The van der Waals surface area contributed by atoms with Gasteiger partial charge in [0.05, 0.1) is 5.56 Å². The van der Waals surface area contributed by atoms with Crippen molar-refractivity contribution in [2.24, 2.45) is 7.05 Å². The molecule has 3 heteroatoms. The summed E-state index contributed by atoms with van der Waals surface area (Å²) >= 11 is 0. The highest BCUT2D eigenvalue weighted by Gasteiger charge is 2.16. The maximum atomic E-state index is 5.99. The van der Waals surface area contributed by atoms with Crippen LogP contribution in [0, 0.1) is 13.8 Å². The van der Waals surface area contributed by atoms with E-state index in [1.807, 2.05) is 25.1 Å². The molecule has 0 radical (unpaired) electrons. The number of furan rings is 1. The standard InChI is InChI=1S/C19H17N2O/c1-12-10-15-18(22-17-8-7-13(2)20-19(15)17)11-14(12)16-6-4-5-9-21(16)3/h4-11H,1-3H3/q+1. The van der Waals surface area contributed by atoms with Crippen LogP contribution in [0.4, 0.5) is 0 Å². The number of fused-ring (bicyclic) bond motifs is 3. The molecule has 3 nitrogen and oxygen atoms in total. The predicted molar refractivity (Wildman–Crippen MR) is 87.6 cm³/mol. The first-order valence-electron chi connectivity index (χ1n) is 7.39. The summed E-state index contributed by atoms with van der Waals surface area (Å²) in [5.41, 5.74) is 7.26. The van der Waals surface area contributed by atoms with Gasteiger partial charge in [0.15, 0.2) is 11.8 Å². The lowest BCUT2D eigenvalue weighted by atomic mass is 10.0. The lowest BCUT2D eigenvalue weighted by Crippen LogP contribution is -2.30. The Morgan fingerprint density at radius 2 is 1.86 bits per heavy atom. The van der Waals surface area contributed by atoms with Gasteiger partial charge in [0.25, 0.3) is 0 Å². The Hall–Kier alpha value is -2.68. The Kier molecular flexibility index (Phi) is 2.76. The summed E-state index contributed by atoms with van der Waals surface area (Å²) in [6.45, 7) is 4.14. The first-order valence-corrected chi connectivity index (χ1v) is 7.39. The second-order valence-corrected chi connectivity index (χ2v) is 5.76. The van der Waals surface area contributed by atoms with Crippen molar-refractivity contribution in [1.82, 2.24) is 4.98 Å². The number of rotatable bonds is 1. The van der Waals surface area contributed by atoms with Gasteiger partial charge in [0.1, 0.15) is 18.1 Å². The van der Waals surface area contributed by atoms with Crippen LogP contribution in [0.25, 0.3) is 33.3 Å². The van der Waals surface area contributed by atoms with E-state index in [9.17, 15) is 0 Å². The smallest absolute Gasteiger partial charge is 0.212 e. The average molecular weight is 289 g/mol. The first kappa shape index (κ1) is 13.0. The topological polar surface area (TPSA) is 29.9 Å². The number of benzene rings is 1. The van der Waals surface area contributed by atoms with Crippen LogP contribution in [-0.4, -0.2) is 4.98 Å². The lowest BCUT2D eigenvalue weighted by Gasteiger charge is -2.04. The Morgan fingerprint density at radius 3 is 2.68 bits per heavy atom. The highest BCUT2D eigenvalue weighted by atomic mass is 16.3. The maximum Gasteiger partial charge on any atom is 0.212 e. The SMILES string of the molecule is Cc1ccc2oc3cc(-c4cccc[n+]4C)c(C)cc3c2n1. The summed E-state index contributed by atoms with van der Waals surface area (Å²) in [6, 6.07) is 14.5. The second kappa shape index (κ2) is 4.67. The molecular formula is C19H17N2O+. The van der Waals surface area contributed by atoms with E-state index < -0.39 is 0 Å². The van der Waals surface area contributed by atoms with Crippen molar-refractivity contribution in [3.8, 4) is 11.3 Å². The summed E-state index contributed by atoms with van der Waals surface area (Å²) in [6.07, 6.45) is 2.06. The molecule has 4 aromatic rings. The fourth-order valence-electron chi connectivity index (χ4n) is 2.97. The minimum atomic E-state index is 0.842. The van der Waals surface area contributed by atoms with Crippen molar-refractivity contribution in [3.05, 3.63) is 59.9 Å². The Bertz CT molecular complexity index is 1010. The quantitative estimate of drug-likeness (QED) is 0.494. The third kappa shape index (κ3) is 1.90. The van der Waals surface area contributed by atoms with E-state index in [2.05, 4.69) is 54.0 Å². The van der Waals surface area contributed by atoms with E-state index in [0.29, 0.717) is 0 Å². The van der Waals surface area contributed by atoms with Crippen molar-refractivity contribution >= 4 is 22.1 Å². The van der Waals surface area contributed by atoms with Gasteiger partial charge in [0.2, 0.25) is 5.69 Å². The van der Waals surface area contributed by atoms with Crippen molar-refractivity contribution in [2.45, 2.75) is 13.8 Å². The summed E-state index contributed by atoms with van der Waals surface area (Å²) in [5, 5.41) is 1.08. The lowest BCUT2D eigenvalue weighted by molar-refractivity contribution is -0.660. The molecular weight excluding hydrogens is 272 g/mol. The third-order valence-electron chi connectivity index (χ3n) is 4.13. The van der Waals surface area contributed by atoms with Crippen molar-refractivity contribution in [3.63, 3.8) is 0 Å². The zero-order valence-corrected chi connectivity index (χ0v) is 12.9. The summed E-state index contributed by atoms with van der Waals surface area (Å²) in [5.74, 6) is 0. The van der Waals surface area contributed by atoms with Crippen LogP contribution in [0.2, 0.25) is 0 Å². The van der Waals surface area contributed by atoms with Gasteiger partial charge in [-0.25, -0.2) is 9.55 Å². The molecule has 3 aromatic heterocycles. The summed E-state index contributed by atoms with van der Waals surface area (Å²) in [4.78, 5) is 4.63. The van der Waals surface area contributed by atoms with Gasteiger partial charge in [-0.2, -0.15) is 0 Å². The van der Waals surface area contributed by atoms with Crippen molar-refractivity contribution in [2.75, 3.05) is 0 Å². The van der Waals surface area contributed by atoms with Gasteiger partial charge in [-0.3, -0.25) is 0 Å². The van der Waals surface area contributed by atoms with Crippen LogP contribution in [0.1, 0.15) is 11.3 Å². The number of pyridine rings is 2. The molecule has 0 atom stereocenters. The number of hydrogen-bond donors (Lipinski definition) is 0. The maximum absolute atomic E-state index is 5.99. The molecule has 4 rings (SSSR count). The number of hydrogen-bond acceptors (Lipinski definition) is 2. The van der Waals surface area contributed by atoms with E-state index in [0.717, 1.165) is 27.8 Å². The number of nitrogens with zero attached hydrogens (tertiary/aromatic N) is 2. The third-order valence-corrected chi connectivity index (χ3v) is 4.13. The van der Waals surface area contributed by atoms with Gasteiger partial charge >= 0.3 is 0 Å². The van der Waals surface area contributed by atoms with Gasteiger partial charge in [0, 0.05) is 23.2 Å².